The second-order valence-electron chi connectivity index (χ2n) is 8.77. The summed E-state index contributed by atoms with van der Waals surface area (Å²) in [4.78, 5) is 19.7. The van der Waals surface area contributed by atoms with Crippen LogP contribution in [0.25, 0.3) is 11.8 Å². The molecule has 1 aromatic heterocycles. The molecule has 1 aliphatic heterocycles. The number of allylic oxidation sites excluding steroid dienone is 1. The molecule has 3 aromatic carbocycles. The number of hydrogen-bond donors (Lipinski definition) is 0. The molecule has 7 heteroatoms. The Morgan fingerprint density at radius 1 is 1.03 bits per heavy atom. The molecule has 1 atom stereocenters. The van der Waals surface area contributed by atoms with Crippen molar-refractivity contribution < 1.29 is 9.47 Å². The molecule has 36 heavy (non-hydrogen) atoms. The Labute approximate surface area is 226 Å². The highest BCUT2D eigenvalue weighted by Gasteiger charge is 2.34. The van der Waals surface area contributed by atoms with Crippen LogP contribution in [0.4, 0.5) is 0 Å². The Morgan fingerprint density at radius 3 is 2.61 bits per heavy atom. The van der Waals surface area contributed by atoms with Crippen LogP contribution in [0.1, 0.15) is 34.7 Å². The van der Waals surface area contributed by atoms with E-state index in [1.165, 1.54) is 16.9 Å². The van der Waals surface area contributed by atoms with Gasteiger partial charge in [0.05, 0.1) is 30.5 Å². The van der Waals surface area contributed by atoms with Gasteiger partial charge in [-0.3, -0.25) is 9.36 Å². The minimum atomic E-state index is -0.325. The van der Waals surface area contributed by atoms with Crippen molar-refractivity contribution in [1.82, 2.24) is 4.57 Å². The fraction of sp³-hybridized carbons (Fsp3) is 0.172. The van der Waals surface area contributed by atoms with E-state index < -0.39 is 0 Å². The van der Waals surface area contributed by atoms with Gasteiger partial charge >= 0.3 is 0 Å². The number of ether oxygens (including phenoxy) is 2. The SMILES string of the molecule is COc1ccc(OC)c(C2C3=C(N=c4sc(=Cc5ccc(I)cc5)c(=O)n42)c2ccccc2CC3)c1. The molecule has 2 aliphatic rings. The third-order valence-corrected chi connectivity index (χ3v) is 8.47. The topological polar surface area (TPSA) is 52.8 Å². The van der Waals surface area contributed by atoms with Crippen LogP contribution < -0.4 is 24.4 Å². The van der Waals surface area contributed by atoms with E-state index in [9.17, 15) is 4.79 Å². The first-order valence-corrected chi connectivity index (χ1v) is 13.6. The summed E-state index contributed by atoms with van der Waals surface area (Å²) in [7, 11) is 3.32. The Balaban J connectivity index is 1.65. The van der Waals surface area contributed by atoms with Crippen LogP contribution in [0.5, 0.6) is 11.5 Å². The van der Waals surface area contributed by atoms with Crippen molar-refractivity contribution in [3.63, 3.8) is 0 Å². The summed E-state index contributed by atoms with van der Waals surface area (Å²) in [6.45, 7) is 0. The van der Waals surface area contributed by atoms with E-state index >= 15 is 0 Å². The molecule has 1 aliphatic carbocycles. The van der Waals surface area contributed by atoms with Gasteiger partial charge < -0.3 is 9.47 Å². The molecule has 6 rings (SSSR count). The number of nitrogens with zero attached hydrogens (tertiary/aromatic N) is 2. The number of aromatic nitrogens is 1. The van der Waals surface area contributed by atoms with Gasteiger partial charge in [0.2, 0.25) is 0 Å². The number of methoxy groups -OCH3 is 2. The van der Waals surface area contributed by atoms with Gasteiger partial charge in [0.1, 0.15) is 11.5 Å². The lowest BCUT2D eigenvalue weighted by atomic mass is 9.83. The largest absolute Gasteiger partial charge is 0.497 e. The summed E-state index contributed by atoms with van der Waals surface area (Å²) in [6, 6.07) is 22.0. The van der Waals surface area contributed by atoms with Gasteiger partial charge in [0.25, 0.3) is 5.56 Å². The molecular formula is C29H23IN2O3S. The van der Waals surface area contributed by atoms with Crippen LogP contribution in [-0.2, 0) is 6.42 Å². The second-order valence-corrected chi connectivity index (χ2v) is 11.0. The van der Waals surface area contributed by atoms with E-state index in [0.717, 1.165) is 55.9 Å². The highest BCUT2D eigenvalue weighted by Crippen LogP contribution is 2.44. The van der Waals surface area contributed by atoms with Crippen molar-refractivity contribution >= 4 is 45.7 Å². The summed E-state index contributed by atoms with van der Waals surface area (Å²) in [5, 5.41) is 0. The molecule has 0 bridgehead atoms. The molecule has 0 radical (unpaired) electrons. The smallest absolute Gasteiger partial charge is 0.271 e. The quantitative estimate of drug-likeness (QED) is 0.310. The molecule has 5 nitrogen and oxygen atoms in total. The zero-order valence-electron chi connectivity index (χ0n) is 19.8. The molecule has 0 saturated carbocycles. The van der Waals surface area contributed by atoms with Crippen LogP contribution in [0.2, 0.25) is 0 Å². The van der Waals surface area contributed by atoms with Crippen LogP contribution >= 0.6 is 33.9 Å². The van der Waals surface area contributed by atoms with Gasteiger partial charge in [-0.15, -0.1) is 0 Å². The van der Waals surface area contributed by atoms with Crippen LogP contribution in [-0.4, -0.2) is 18.8 Å². The highest BCUT2D eigenvalue weighted by atomic mass is 127. The summed E-state index contributed by atoms with van der Waals surface area (Å²) in [6.07, 6.45) is 3.68. The molecule has 1 unspecified atom stereocenters. The molecular weight excluding hydrogens is 583 g/mol. The first kappa shape index (κ1) is 23.2. The fourth-order valence-electron chi connectivity index (χ4n) is 5.06. The normalized spacial score (nSPS) is 16.6. The molecule has 4 aromatic rings. The Bertz CT molecular complexity index is 1700. The van der Waals surface area contributed by atoms with Gasteiger partial charge in [-0.1, -0.05) is 47.7 Å². The number of fused-ring (bicyclic) bond motifs is 3. The van der Waals surface area contributed by atoms with Crippen LogP contribution in [0.15, 0.2) is 82.1 Å². The third kappa shape index (κ3) is 3.90. The maximum atomic E-state index is 13.9. The van der Waals surface area contributed by atoms with E-state index in [-0.39, 0.29) is 11.6 Å². The van der Waals surface area contributed by atoms with Crippen molar-refractivity contribution in [3.8, 4) is 11.5 Å². The van der Waals surface area contributed by atoms with Gasteiger partial charge in [-0.25, -0.2) is 4.99 Å². The lowest BCUT2D eigenvalue weighted by Crippen LogP contribution is -2.39. The fourth-order valence-corrected chi connectivity index (χ4v) is 6.42. The van der Waals surface area contributed by atoms with Crippen molar-refractivity contribution in [2.75, 3.05) is 14.2 Å². The van der Waals surface area contributed by atoms with Crippen LogP contribution in [0, 0.1) is 3.57 Å². The van der Waals surface area contributed by atoms with Crippen molar-refractivity contribution in [3.05, 3.63) is 118 Å². The molecule has 180 valence electrons. The number of aryl methyl sites for hydroxylation is 1. The number of thiazole rings is 1. The standard InChI is InChI=1S/C29H23IN2O3S/c1-34-20-12-14-24(35-2)23(16-20)27-22-13-9-18-5-3-4-6-21(18)26(22)31-29-32(27)28(33)25(36-29)15-17-7-10-19(30)11-8-17/h3-8,10-12,14-16,27H,9,13H2,1-2H3. The maximum Gasteiger partial charge on any atom is 0.271 e. The Kier molecular flexibility index (Phi) is 6.05. The number of halogens is 1. The van der Waals surface area contributed by atoms with Gasteiger partial charge in [-0.2, -0.15) is 0 Å². The zero-order chi connectivity index (χ0) is 24.8. The molecule has 0 N–H and O–H groups in total. The number of rotatable bonds is 4. The molecule has 2 heterocycles. The predicted molar refractivity (Wildman–Crippen MR) is 151 cm³/mol. The average Bonchev–Trinajstić information content (AvgIpc) is 3.22. The molecule has 0 spiro atoms. The Hall–Kier alpha value is -3.17. The van der Waals surface area contributed by atoms with E-state index in [0.29, 0.717) is 9.33 Å². The molecule has 0 amide bonds. The highest BCUT2D eigenvalue weighted by molar-refractivity contribution is 14.1. The maximum absolute atomic E-state index is 13.9. The molecule has 0 saturated heterocycles. The van der Waals surface area contributed by atoms with E-state index in [1.54, 1.807) is 14.2 Å². The number of benzene rings is 3. The third-order valence-electron chi connectivity index (χ3n) is 6.77. The van der Waals surface area contributed by atoms with Gasteiger partial charge in [-0.05, 0) is 88.5 Å². The second kappa shape index (κ2) is 9.37. The predicted octanol–water partition coefficient (Wildman–Crippen LogP) is 4.94. The minimum absolute atomic E-state index is 0.0439. The summed E-state index contributed by atoms with van der Waals surface area (Å²) < 4.78 is 15.0. The first-order valence-electron chi connectivity index (χ1n) is 11.7. The zero-order valence-corrected chi connectivity index (χ0v) is 22.8. The van der Waals surface area contributed by atoms with Crippen molar-refractivity contribution in [1.29, 1.82) is 0 Å². The van der Waals surface area contributed by atoms with E-state index in [1.807, 2.05) is 53.1 Å². The molecule has 0 fully saturated rings. The monoisotopic (exact) mass is 606 g/mol. The lowest BCUT2D eigenvalue weighted by Gasteiger charge is -2.31. The number of hydrogen-bond acceptors (Lipinski definition) is 5. The van der Waals surface area contributed by atoms with Crippen LogP contribution in [0.3, 0.4) is 0 Å². The van der Waals surface area contributed by atoms with Gasteiger partial charge in [0, 0.05) is 14.7 Å². The Morgan fingerprint density at radius 2 is 1.83 bits per heavy atom. The summed E-state index contributed by atoms with van der Waals surface area (Å²) in [5.41, 5.74) is 6.38. The minimum Gasteiger partial charge on any atom is -0.497 e. The van der Waals surface area contributed by atoms with Crippen molar-refractivity contribution in [2.45, 2.75) is 18.9 Å². The summed E-state index contributed by atoms with van der Waals surface area (Å²) in [5.74, 6) is 1.45. The van der Waals surface area contributed by atoms with Crippen molar-refractivity contribution in [2.24, 2.45) is 4.99 Å². The van der Waals surface area contributed by atoms with E-state index in [4.69, 9.17) is 14.5 Å². The van der Waals surface area contributed by atoms with E-state index in [2.05, 4.69) is 46.9 Å². The summed E-state index contributed by atoms with van der Waals surface area (Å²) >= 11 is 3.72. The average molecular weight is 606 g/mol. The first-order chi connectivity index (χ1) is 17.6. The lowest BCUT2D eigenvalue weighted by molar-refractivity contribution is 0.392. The van der Waals surface area contributed by atoms with Gasteiger partial charge in [0.15, 0.2) is 4.80 Å².